The molecule has 1 N–H and O–H groups in total. The van der Waals surface area contributed by atoms with Gasteiger partial charge in [0.2, 0.25) is 0 Å². The van der Waals surface area contributed by atoms with E-state index in [1.54, 1.807) is 0 Å². The summed E-state index contributed by atoms with van der Waals surface area (Å²) in [7, 11) is 0. The number of rotatable bonds is 5. The molecule has 3 aromatic rings. The zero-order valence-corrected chi connectivity index (χ0v) is 12.4. The second-order valence-corrected chi connectivity index (χ2v) is 5.17. The van der Waals surface area contributed by atoms with Gasteiger partial charge >= 0.3 is 5.97 Å². The van der Waals surface area contributed by atoms with E-state index in [9.17, 15) is 14.7 Å². The minimum atomic E-state index is -1.11. The van der Waals surface area contributed by atoms with Crippen LogP contribution in [0.5, 0.6) is 0 Å². The third-order valence-corrected chi connectivity index (χ3v) is 3.59. The van der Waals surface area contributed by atoms with Gasteiger partial charge in [-0.05, 0) is 18.6 Å². The first kappa shape index (κ1) is 14.8. The molecule has 0 aliphatic carbocycles. The lowest BCUT2D eigenvalue weighted by Gasteiger charge is -2.05. The molecule has 0 atom stereocenters. The van der Waals surface area contributed by atoms with Gasteiger partial charge in [0.15, 0.2) is 12.0 Å². The van der Waals surface area contributed by atoms with E-state index in [4.69, 9.17) is 4.42 Å². The summed E-state index contributed by atoms with van der Waals surface area (Å²) in [6, 6.07) is 9.23. The molecule has 1 aromatic carbocycles. The lowest BCUT2D eigenvalue weighted by atomic mass is 10.1. The first-order valence-electron chi connectivity index (χ1n) is 6.98. The third kappa shape index (κ3) is 2.78. The van der Waals surface area contributed by atoms with Crippen LogP contribution in [0.3, 0.4) is 0 Å². The predicted molar refractivity (Wildman–Crippen MR) is 82.6 cm³/mol. The molecule has 2 aromatic heterocycles. The number of carbonyl (C=O) groups is 2. The number of carboxylic acid groups (broad SMARTS) is 1. The van der Waals surface area contributed by atoms with Crippen LogP contribution >= 0.6 is 0 Å². The largest absolute Gasteiger partial charge is 0.478 e. The van der Waals surface area contributed by atoms with E-state index >= 15 is 0 Å². The summed E-state index contributed by atoms with van der Waals surface area (Å²) in [5.41, 5.74) is 2.79. The number of furan rings is 1. The Balaban J connectivity index is 2.00. The zero-order valence-electron chi connectivity index (χ0n) is 12.4. The normalized spacial score (nSPS) is 10.7. The second kappa shape index (κ2) is 5.92. The standard InChI is InChI=1S/C17H14N2O4/c1-11-2-4-12(5-3-11)9-19-15(10-20)14(8-18-19)16-13(17(21)22)6-7-23-16/h2-8,10H,9H2,1H3,(H,21,22). The maximum absolute atomic E-state index is 11.5. The molecule has 6 heteroatoms. The van der Waals surface area contributed by atoms with Crippen LogP contribution in [-0.4, -0.2) is 27.1 Å². The van der Waals surface area contributed by atoms with Crippen LogP contribution in [0.25, 0.3) is 11.3 Å². The summed E-state index contributed by atoms with van der Waals surface area (Å²) in [6.07, 6.45) is 3.39. The van der Waals surface area contributed by atoms with Crippen molar-refractivity contribution in [3.63, 3.8) is 0 Å². The first-order valence-corrected chi connectivity index (χ1v) is 6.98. The maximum Gasteiger partial charge on any atom is 0.339 e. The van der Waals surface area contributed by atoms with Gasteiger partial charge in [-0.1, -0.05) is 29.8 Å². The van der Waals surface area contributed by atoms with Gasteiger partial charge in [-0.25, -0.2) is 4.79 Å². The van der Waals surface area contributed by atoms with Gasteiger partial charge in [0.1, 0.15) is 11.3 Å². The van der Waals surface area contributed by atoms with Crippen LogP contribution in [-0.2, 0) is 6.54 Å². The fourth-order valence-electron chi connectivity index (χ4n) is 2.37. The molecule has 3 rings (SSSR count). The van der Waals surface area contributed by atoms with Gasteiger partial charge in [-0.3, -0.25) is 9.48 Å². The number of benzene rings is 1. The highest BCUT2D eigenvalue weighted by molar-refractivity contribution is 5.96. The van der Waals surface area contributed by atoms with Crippen LogP contribution in [0.15, 0.2) is 47.2 Å². The van der Waals surface area contributed by atoms with Crippen molar-refractivity contribution in [2.45, 2.75) is 13.5 Å². The summed E-state index contributed by atoms with van der Waals surface area (Å²) in [5, 5.41) is 13.4. The summed E-state index contributed by atoms with van der Waals surface area (Å²) >= 11 is 0. The molecule has 2 heterocycles. The minimum absolute atomic E-state index is 0.00276. The molecule has 0 unspecified atom stereocenters. The molecular weight excluding hydrogens is 296 g/mol. The Bertz CT molecular complexity index is 859. The quantitative estimate of drug-likeness (QED) is 0.732. The molecule has 0 aliphatic rings. The Kier molecular flexibility index (Phi) is 3.80. The van der Waals surface area contributed by atoms with Crippen molar-refractivity contribution in [1.82, 2.24) is 9.78 Å². The van der Waals surface area contributed by atoms with Crippen molar-refractivity contribution in [3.8, 4) is 11.3 Å². The highest BCUT2D eigenvalue weighted by Gasteiger charge is 2.21. The molecule has 0 spiro atoms. The van der Waals surface area contributed by atoms with Crippen molar-refractivity contribution in [2.24, 2.45) is 0 Å². The molecule has 0 saturated heterocycles. The van der Waals surface area contributed by atoms with Crippen LogP contribution in [0, 0.1) is 6.92 Å². The van der Waals surface area contributed by atoms with Gasteiger partial charge < -0.3 is 9.52 Å². The summed E-state index contributed by atoms with van der Waals surface area (Å²) < 4.78 is 6.77. The van der Waals surface area contributed by atoms with E-state index in [0.29, 0.717) is 18.4 Å². The molecule has 0 aliphatic heterocycles. The predicted octanol–water partition coefficient (Wildman–Crippen LogP) is 3.01. The lowest BCUT2D eigenvalue weighted by molar-refractivity contribution is 0.0697. The Morgan fingerprint density at radius 1 is 1.30 bits per heavy atom. The monoisotopic (exact) mass is 310 g/mol. The summed E-state index contributed by atoms with van der Waals surface area (Å²) in [5.74, 6) is -0.980. The van der Waals surface area contributed by atoms with E-state index in [1.807, 2.05) is 31.2 Å². The second-order valence-electron chi connectivity index (χ2n) is 5.17. The van der Waals surface area contributed by atoms with E-state index < -0.39 is 5.97 Å². The van der Waals surface area contributed by atoms with Crippen LogP contribution in [0.2, 0.25) is 0 Å². The van der Waals surface area contributed by atoms with Gasteiger partial charge in [-0.2, -0.15) is 5.10 Å². The van der Waals surface area contributed by atoms with Gasteiger partial charge in [0.05, 0.1) is 24.6 Å². The number of aromatic nitrogens is 2. The van der Waals surface area contributed by atoms with Crippen molar-refractivity contribution < 1.29 is 19.1 Å². The Morgan fingerprint density at radius 2 is 2.04 bits per heavy atom. The van der Waals surface area contributed by atoms with Crippen molar-refractivity contribution in [1.29, 1.82) is 0 Å². The minimum Gasteiger partial charge on any atom is -0.478 e. The van der Waals surface area contributed by atoms with E-state index in [1.165, 1.54) is 23.2 Å². The molecule has 0 saturated carbocycles. The zero-order chi connectivity index (χ0) is 16.4. The highest BCUT2D eigenvalue weighted by Crippen LogP contribution is 2.27. The molecule has 116 valence electrons. The average Bonchev–Trinajstić information content (AvgIpc) is 3.15. The number of hydrogen-bond acceptors (Lipinski definition) is 4. The third-order valence-electron chi connectivity index (χ3n) is 3.59. The molecular formula is C17H14N2O4. The molecule has 0 radical (unpaired) electrons. The van der Waals surface area contributed by atoms with Gasteiger partial charge in [0.25, 0.3) is 0 Å². The van der Waals surface area contributed by atoms with Crippen molar-refractivity contribution in [2.75, 3.05) is 0 Å². The fourth-order valence-corrected chi connectivity index (χ4v) is 2.37. The van der Waals surface area contributed by atoms with E-state index in [0.717, 1.165) is 11.1 Å². The number of aromatic carboxylic acids is 1. The average molecular weight is 310 g/mol. The van der Waals surface area contributed by atoms with Crippen LogP contribution in [0.1, 0.15) is 32.0 Å². The molecule has 0 amide bonds. The lowest BCUT2D eigenvalue weighted by Crippen LogP contribution is -2.06. The number of aldehydes is 1. The van der Waals surface area contributed by atoms with Crippen LogP contribution in [0.4, 0.5) is 0 Å². The molecule has 0 fully saturated rings. The fraction of sp³-hybridized carbons (Fsp3) is 0.118. The molecule has 6 nitrogen and oxygen atoms in total. The Hall–Kier alpha value is -3.15. The SMILES string of the molecule is Cc1ccc(Cn2ncc(-c3occc3C(=O)O)c2C=O)cc1. The summed E-state index contributed by atoms with van der Waals surface area (Å²) in [6.45, 7) is 2.41. The number of carboxylic acids is 1. The first-order chi connectivity index (χ1) is 11.1. The van der Waals surface area contributed by atoms with Crippen molar-refractivity contribution >= 4 is 12.3 Å². The maximum atomic E-state index is 11.5. The van der Waals surface area contributed by atoms with E-state index in [-0.39, 0.29) is 17.0 Å². The summed E-state index contributed by atoms with van der Waals surface area (Å²) in [4.78, 5) is 22.7. The van der Waals surface area contributed by atoms with E-state index in [2.05, 4.69) is 5.10 Å². The number of carbonyl (C=O) groups excluding carboxylic acids is 1. The van der Waals surface area contributed by atoms with Crippen LogP contribution < -0.4 is 0 Å². The van der Waals surface area contributed by atoms with Crippen molar-refractivity contribution in [3.05, 3.63) is 65.2 Å². The number of nitrogens with zero attached hydrogens (tertiary/aromatic N) is 2. The number of aryl methyl sites for hydroxylation is 1. The number of hydrogen-bond donors (Lipinski definition) is 1. The van der Waals surface area contributed by atoms with Gasteiger partial charge in [0, 0.05) is 0 Å². The molecule has 0 bridgehead atoms. The Labute approximate surface area is 132 Å². The molecule has 23 heavy (non-hydrogen) atoms. The van der Waals surface area contributed by atoms with Gasteiger partial charge in [-0.15, -0.1) is 0 Å². The topological polar surface area (TPSA) is 85.3 Å². The smallest absolute Gasteiger partial charge is 0.339 e. The highest BCUT2D eigenvalue weighted by atomic mass is 16.4. The Morgan fingerprint density at radius 3 is 2.70 bits per heavy atom.